The number of thioether (sulfide) groups is 1. The summed E-state index contributed by atoms with van der Waals surface area (Å²) in [5.41, 5.74) is 0. The molecule has 3 aromatic rings. The second-order valence-corrected chi connectivity index (χ2v) is 7.53. The molecule has 0 unspecified atom stereocenters. The Morgan fingerprint density at radius 3 is 2.76 bits per heavy atom. The summed E-state index contributed by atoms with van der Waals surface area (Å²) in [6.07, 6.45) is 3.22. The number of carbonyl (C=O) groups excluding carboxylic acids is 1. The topological polar surface area (TPSA) is 95.1 Å². The molecule has 2 aromatic heterocycles. The highest BCUT2D eigenvalue weighted by Crippen LogP contribution is 2.28. The molecule has 3 rings (SSSR count). The van der Waals surface area contributed by atoms with Crippen molar-refractivity contribution in [1.82, 2.24) is 19.9 Å². The fourth-order valence-corrected chi connectivity index (χ4v) is 3.83. The Balaban J connectivity index is 1.71. The summed E-state index contributed by atoms with van der Waals surface area (Å²) in [5.74, 6) is 1.64. The van der Waals surface area contributed by atoms with Gasteiger partial charge in [0.1, 0.15) is 18.6 Å². The van der Waals surface area contributed by atoms with E-state index in [0.29, 0.717) is 27.6 Å². The standard InChI is InChI=1S/C19H22ClN5O3S/c1-3-13(4-2)25-17(11-27-15-8-6-5-7-14(15)20)22-23-19(25)29-12-18(26)21-16-9-10-28-24-16/h5-10,13H,3-4,11-12H2,1-2H3,(H,21,24,26). The first-order valence-electron chi connectivity index (χ1n) is 9.26. The predicted octanol–water partition coefficient (Wildman–Crippen LogP) is 4.59. The van der Waals surface area contributed by atoms with Crippen molar-refractivity contribution in [3.8, 4) is 5.75 Å². The quantitative estimate of drug-likeness (QED) is 0.465. The molecule has 0 bridgehead atoms. The number of ether oxygens (including phenoxy) is 1. The van der Waals surface area contributed by atoms with E-state index in [1.807, 2.05) is 22.8 Å². The van der Waals surface area contributed by atoms with Crippen molar-refractivity contribution in [1.29, 1.82) is 0 Å². The van der Waals surface area contributed by atoms with Gasteiger partial charge in [-0.25, -0.2) is 0 Å². The molecule has 0 saturated heterocycles. The van der Waals surface area contributed by atoms with Gasteiger partial charge in [0, 0.05) is 12.1 Å². The van der Waals surface area contributed by atoms with Gasteiger partial charge in [-0.15, -0.1) is 10.2 Å². The fourth-order valence-electron chi connectivity index (χ4n) is 2.81. The normalized spacial score (nSPS) is 11.0. The minimum absolute atomic E-state index is 0.177. The third-order valence-electron chi connectivity index (χ3n) is 4.27. The summed E-state index contributed by atoms with van der Waals surface area (Å²) in [7, 11) is 0. The Bertz CT molecular complexity index is 928. The summed E-state index contributed by atoms with van der Waals surface area (Å²) in [4.78, 5) is 12.1. The molecule has 1 N–H and O–H groups in total. The first-order valence-corrected chi connectivity index (χ1v) is 10.6. The Hall–Kier alpha value is -2.52. The van der Waals surface area contributed by atoms with Crippen molar-refractivity contribution in [2.75, 3.05) is 11.1 Å². The third kappa shape index (κ3) is 5.51. The zero-order chi connectivity index (χ0) is 20.6. The number of para-hydroxylation sites is 1. The van der Waals surface area contributed by atoms with Crippen LogP contribution in [0.25, 0.3) is 0 Å². The van der Waals surface area contributed by atoms with Crippen LogP contribution in [0.5, 0.6) is 5.75 Å². The molecule has 0 spiro atoms. The highest BCUT2D eigenvalue weighted by atomic mass is 35.5. The van der Waals surface area contributed by atoms with Gasteiger partial charge in [0.25, 0.3) is 0 Å². The summed E-state index contributed by atoms with van der Waals surface area (Å²) >= 11 is 7.49. The molecular formula is C19H22ClN5O3S. The minimum atomic E-state index is -0.197. The zero-order valence-corrected chi connectivity index (χ0v) is 17.7. The average Bonchev–Trinajstić information content (AvgIpc) is 3.37. The average molecular weight is 436 g/mol. The lowest BCUT2D eigenvalue weighted by atomic mass is 10.2. The van der Waals surface area contributed by atoms with Gasteiger partial charge in [0.2, 0.25) is 5.91 Å². The Morgan fingerprint density at radius 1 is 1.28 bits per heavy atom. The lowest BCUT2D eigenvalue weighted by Crippen LogP contribution is -2.17. The third-order valence-corrected chi connectivity index (χ3v) is 5.53. The van der Waals surface area contributed by atoms with E-state index >= 15 is 0 Å². The fraction of sp³-hybridized carbons (Fsp3) is 0.368. The van der Waals surface area contributed by atoms with Gasteiger partial charge < -0.3 is 19.1 Å². The van der Waals surface area contributed by atoms with E-state index in [1.54, 1.807) is 12.1 Å². The summed E-state index contributed by atoms with van der Waals surface area (Å²) in [5, 5.41) is 16.1. The number of hydrogen-bond donors (Lipinski definition) is 1. The molecule has 29 heavy (non-hydrogen) atoms. The summed E-state index contributed by atoms with van der Waals surface area (Å²) in [6.45, 7) is 4.45. The first-order chi connectivity index (χ1) is 14.1. The molecule has 0 aliphatic carbocycles. The maximum Gasteiger partial charge on any atom is 0.236 e. The van der Waals surface area contributed by atoms with Crippen LogP contribution < -0.4 is 10.1 Å². The van der Waals surface area contributed by atoms with E-state index in [4.69, 9.17) is 20.9 Å². The SMILES string of the molecule is CCC(CC)n1c(COc2ccccc2Cl)nnc1SCC(=O)Nc1ccon1. The maximum absolute atomic E-state index is 12.1. The van der Waals surface area contributed by atoms with E-state index in [-0.39, 0.29) is 24.3 Å². The van der Waals surface area contributed by atoms with Gasteiger partial charge >= 0.3 is 0 Å². The van der Waals surface area contributed by atoms with Crippen molar-refractivity contribution in [2.24, 2.45) is 0 Å². The Kier molecular flexibility index (Phi) is 7.54. The van der Waals surface area contributed by atoms with Gasteiger partial charge in [-0.05, 0) is 25.0 Å². The molecule has 154 valence electrons. The second-order valence-electron chi connectivity index (χ2n) is 6.18. The monoisotopic (exact) mass is 435 g/mol. The van der Waals surface area contributed by atoms with Crippen molar-refractivity contribution in [3.05, 3.63) is 47.4 Å². The predicted molar refractivity (Wildman–Crippen MR) is 111 cm³/mol. The summed E-state index contributed by atoms with van der Waals surface area (Å²) < 4.78 is 12.6. The molecule has 1 aromatic carbocycles. The van der Waals surface area contributed by atoms with Gasteiger partial charge in [-0.2, -0.15) is 0 Å². The minimum Gasteiger partial charge on any atom is -0.484 e. The molecule has 0 atom stereocenters. The van der Waals surface area contributed by atoms with E-state index in [2.05, 4.69) is 34.5 Å². The van der Waals surface area contributed by atoms with Crippen molar-refractivity contribution >= 4 is 35.1 Å². The van der Waals surface area contributed by atoms with Crippen LogP contribution in [0, 0.1) is 0 Å². The molecule has 0 saturated carbocycles. The van der Waals surface area contributed by atoms with Crippen molar-refractivity contribution in [2.45, 2.75) is 44.5 Å². The van der Waals surface area contributed by atoms with Gasteiger partial charge in [-0.1, -0.05) is 54.5 Å². The lowest BCUT2D eigenvalue weighted by molar-refractivity contribution is -0.113. The van der Waals surface area contributed by atoms with Crippen LogP contribution in [-0.4, -0.2) is 31.6 Å². The number of carbonyl (C=O) groups is 1. The van der Waals surface area contributed by atoms with Crippen LogP contribution in [-0.2, 0) is 11.4 Å². The van der Waals surface area contributed by atoms with Crippen LogP contribution in [0.3, 0.4) is 0 Å². The molecule has 10 heteroatoms. The first kappa shape index (κ1) is 21.2. The molecule has 0 aliphatic rings. The second kappa shape index (κ2) is 10.3. The number of benzene rings is 1. The van der Waals surface area contributed by atoms with E-state index in [1.165, 1.54) is 18.0 Å². The Morgan fingerprint density at radius 2 is 2.07 bits per heavy atom. The smallest absolute Gasteiger partial charge is 0.236 e. The van der Waals surface area contributed by atoms with Crippen LogP contribution in [0.2, 0.25) is 5.02 Å². The number of anilines is 1. The van der Waals surface area contributed by atoms with Gasteiger partial charge in [0.15, 0.2) is 16.8 Å². The van der Waals surface area contributed by atoms with Crippen LogP contribution in [0.15, 0.2) is 46.3 Å². The van der Waals surface area contributed by atoms with Crippen molar-refractivity contribution < 1.29 is 14.1 Å². The van der Waals surface area contributed by atoms with E-state index < -0.39 is 0 Å². The number of hydrogen-bond acceptors (Lipinski definition) is 7. The number of nitrogens with one attached hydrogen (secondary N) is 1. The van der Waals surface area contributed by atoms with Crippen molar-refractivity contribution in [3.63, 3.8) is 0 Å². The van der Waals surface area contributed by atoms with E-state index in [0.717, 1.165) is 12.8 Å². The Labute approximate surface area is 178 Å². The van der Waals surface area contributed by atoms with Crippen LogP contribution in [0.1, 0.15) is 38.6 Å². The lowest BCUT2D eigenvalue weighted by Gasteiger charge is -2.19. The zero-order valence-electron chi connectivity index (χ0n) is 16.2. The largest absolute Gasteiger partial charge is 0.484 e. The van der Waals surface area contributed by atoms with E-state index in [9.17, 15) is 4.79 Å². The molecule has 1 amide bonds. The number of halogens is 1. The molecule has 0 fully saturated rings. The number of amides is 1. The molecule has 2 heterocycles. The maximum atomic E-state index is 12.1. The summed E-state index contributed by atoms with van der Waals surface area (Å²) in [6, 6.07) is 9.08. The molecule has 8 nitrogen and oxygen atoms in total. The van der Waals surface area contributed by atoms with Crippen LogP contribution >= 0.6 is 23.4 Å². The highest BCUT2D eigenvalue weighted by molar-refractivity contribution is 7.99. The number of nitrogens with zero attached hydrogens (tertiary/aromatic N) is 4. The molecular weight excluding hydrogens is 414 g/mol. The molecule has 0 radical (unpaired) electrons. The van der Waals surface area contributed by atoms with Crippen LogP contribution in [0.4, 0.5) is 5.82 Å². The highest BCUT2D eigenvalue weighted by Gasteiger charge is 2.20. The number of rotatable bonds is 10. The molecule has 0 aliphatic heterocycles. The van der Waals surface area contributed by atoms with Gasteiger partial charge in [0.05, 0.1) is 10.8 Å². The number of aromatic nitrogens is 4. The van der Waals surface area contributed by atoms with Gasteiger partial charge in [-0.3, -0.25) is 4.79 Å².